The van der Waals surface area contributed by atoms with Crippen LogP contribution in [0, 0.1) is 11.2 Å². The highest BCUT2D eigenvalue weighted by atomic mass is 35.5. The minimum Gasteiger partial charge on any atom is -0.338 e. The van der Waals surface area contributed by atoms with E-state index in [1.54, 1.807) is 11.0 Å². The molecule has 1 fully saturated rings. The van der Waals surface area contributed by atoms with Crippen LogP contribution in [0.25, 0.3) is 0 Å². The summed E-state index contributed by atoms with van der Waals surface area (Å²) in [6.45, 7) is 3.89. The van der Waals surface area contributed by atoms with Crippen molar-refractivity contribution < 1.29 is 9.18 Å². The molecule has 1 saturated heterocycles. The molecule has 106 valence electrons. The zero-order valence-corrected chi connectivity index (χ0v) is 12.2. The number of halogens is 3. The molecule has 1 aromatic rings. The van der Waals surface area contributed by atoms with Crippen molar-refractivity contribution in [2.75, 3.05) is 19.6 Å². The van der Waals surface area contributed by atoms with Crippen LogP contribution >= 0.6 is 24.0 Å². The normalized spacial score (nSPS) is 22.2. The third-order valence-electron chi connectivity index (χ3n) is 3.50. The number of nitrogens with zero attached hydrogens (tertiary/aromatic N) is 1. The molecule has 1 unspecified atom stereocenters. The fourth-order valence-corrected chi connectivity index (χ4v) is 2.29. The Morgan fingerprint density at radius 2 is 2.26 bits per heavy atom. The van der Waals surface area contributed by atoms with E-state index in [0.717, 1.165) is 6.42 Å². The first-order valence-corrected chi connectivity index (χ1v) is 6.27. The van der Waals surface area contributed by atoms with E-state index in [1.807, 2.05) is 0 Å². The number of carbonyl (C=O) groups is 1. The lowest BCUT2D eigenvalue weighted by Crippen LogP contribution is -2.34. The van der Waals surface area contributed by atoms with Gasteiger partial charge >= 0.3 is 0 Å². The molecule has 0 saturated carbocycles. The molecule has 1 amide bonds. The average molecular weight is 307 g/mol. The monoisotopic (exact) mass is 306 g/mol. The Labute approximate surface area is 123 Å². The number of hydrogen-bond acceptors (Lipinski definition) is 2. The summed E-state index contributed by atoms with van der Waals surface area (Å²) in [5, 5.41) is 0.0276. The van der Waals surface area contributed by atoms with E-state index >= 15 is 0 Å². The highest BCUT2D eigenvalue weighted by molar-refractivity contribution is 6.30. The first-order chi connectivity index (χ1) is 8.45. The number of carbonyl (C=O) groups excluding carboxylic acids is 1. The number of nitrogens with two attached hydrogens (primary N) is 1. The number of benzene rings is 1. The minimum atomic E-state index is -0.566. The zero-order valence-electron chi connectivity index (χ0n) is 10.7. The fraction of sp³-hybridized carbons (Fsp3) is 0.462. The lowest BCUT2D eigenvalue weighted by molar-refractivity contribution is 0.0776. The lowest BCUT2D eigenvalue weighted by atomic mass is 9.90. The van der Waals surface area contributed by atoms with Gasteiger partial charge in [0.1, 0.15) is 5.82 Å². The van der Waals surface area contributed by atoms with Gasteiger partial charge in [-0.1, -0.05) is 18.5 Å². The highest BCUT2D eigenvalue weighted by Crippen LogP contribution is 2.29. The summed E-state index contributed by atoms with van der Waals surface area (Å²) < 4.78 is 13.3. The van der Waals surface area contributed by atoms with Crippen LogP contribution in [-0.2, 0) is 0 Å². The number of likely N-dealkylation sites (tertiary alicyclic amines) is 1. The van der Waals surface area contributed by atoms with E-state index in [0.29, 0.717) is 25.2 Å². The molecule has 2 rings (SSSR count). The van der Waals surface area contributed by atoms with Crippen molar-refractivity contribution >= 4 is 29.9 Å². The summed E-state index contributed by atoms with van der Waals surface area (Å²) >= 11 is 5.60. The van der Waals surface area contributed by atoms with E-state index in [9.17, 15) is 9.18 Å². The maximum Gasteiger partial charge on any atom is 0.253 e. The molecule has 3 nitrogen and oxygen atoms in total. The number of amides is 1. The quantitative estimate of drug-likeness (QED) is 0.913. The van der Waals surface area contributed by atoms with E-state index in [1.165, 1.54) is 12.1 Å². The van der Waals surface area contributed by atoms with E-state index in [2.05, 4.69) is 6.92 Å². The second-order valence-corrected chi connectivity index (χ2v) is 5.53. The molecule has 0 aliphatic carbocycles. The molecule has 1 heterocycles. The van der Waals surface area contributed by atoms with Crippen LogP contribution in [0.15, 0.2) is 18.2 Å². The molecule has 19 heavy (non-hydrogen) atoms. The molecule has 1 atom stereocenters. The van der Waals surface area contributed by atoms with Crippen molar-refractivity contribution in [3.05, 3.63) is 34.6 Å². The fourth-order valence-electron chi connectivity index (χ4n) is 2.18. The minimum absolute atomic E-state index is 0. The zero-order chi connectivity index (χ0) is 13.3. The smallest absolute Gasteiger partial charge is 0.253 e. The van der Waals surface area contributed by atoms with E-state index in [-0.39, 0.29) is 28.8 Å². The molecule has 6 heteroatoms. The van der Waals surface area contributed by atoms with E-state index in [4.69, 9.17) is 17.3 Å². The Kier molecular flexibility index (Phi) is 5.18. The standard InChI is InChI=1S/C13H16ClFN2O.ClH/c1-13(7-16)4-5-17(8-13)12(18)9-2-3-10(14)11(15)6-9;/h2-3,6H,4-5,7-8,16H2,1H3;1H. The van der Waals surface area contributed by atoms with Gasteiger partial charge in [0, 0.05) is 18.7 Å². The molecular weight excluding hydrogens is 290 g/mol. The van der Waals surface area contributed by atoms with Crippen LogP contribution in [0.3, 0.4) is 0 Å². The SMILES string of the molecule is CC1(CN)CCN(C(=O)c2ccc(Cl)c(F)c2)C1.Cl. The van der Waals surface area contributed by atoms with Crippen LogP contribution in [0.5, 0.6) is 0 Å². The van der Waals surface area contributed by atoms with Gasteiger partial charge in [0.05, 0.1) is 5.02 Å². The Balaban J connectivity index is 0.00000180. The van der Waals surface area contributed by atoms with Crippen molar-refractivity contribution in [2.45, 2.75) is 13.3 Å². The van der Waals surface area contributed by atoms with E-state index < -0.39 is 5.82 Å². The Hall–Kier alpha value is -0.840. The summed E-state index contributed by atoms with van der Waals surface area (Å²) in [4.78, 5) is 13.9. The van der Waals surface area contributed by atoms with Crippen LogP contribution < -0.4 is 5.73 Å². The largest absolute Gasteiger partial charge is 0.338 e. The van der Waals surface area contributed by atoms with Gasteiger partial charge in [-0.15, -0.1) is 12.4 Å². The van der Waals surface area contributed by atoms with Crippen LogP contribution in [0.1, 0.15) is 23.7 Å². The van der Waals surface area contributed by atoms with Gasteiger partial charge in [-0.25, -0.2) is 4.39 Å². The molecule has 0 bridgehead atoms. The molecule has 0 radical (unpaired) electrons. The van der Waals surface area contributed by atoms with Crippen molar-refractivity contribution in [3.8, 4) is 0 Å². The first-order valence-electron chi connectivity index (χ1n) is 5.90. The lowest BCUT2D eigenvalue weighted by Gasteiger charge is -2.22. The topological polar surface area (TPSA) is 46.3 Å². The molecule has 1 aliphatic rings. The average Bonchev–Trinajstić information content (AvgIpc) is 2.75. The van der Waals surface area contributed by atoms with Gasteiger partial charge in [0.25, 0.3) is 5.91 Å². The van der Waals surface area contributed by atoms with Crippen molar-refractivity contribution in [3.63, 3.8) is 0 Å². The third kappa shape index (κ3) is 3.38. The second kappa shape index (κ2) is 6.07. The molecule has 0 spiro atoms. The summed E-state index contributed by atoms with van der Waals surface area (Å²) in [7, 11) is 0. The predicted molar refractivity (Wildman–Crippen MR) is 76.3 cm³/mol. The Morgan fingerprint density at radius 3 is 2.79 bits per heavy atom. The van der Waals surface area contributed by atoms with Gasteiger partial charge in [0.2, 0.25) is 0 Å². The van der Waals surface area contributed by atoms with Crippen molar-refractivity contribution in [2.24, 2.45) is 11.1 Å². The van der Waals surface area contributed by atoms with Gasteiger partial charge in [-0.3, -0.25) is 4.79 Å². The first kappa shape index (κ1) is 16.2. The summed E-state index contributed by atoms with van der Waals surface area (Å²) in [6, 6.07) is 4.14. The number of rotatable bonds is 2. The Bertz CT molecular complexity index is 484. The molecule has 1 aromatic carbocycles. The third-order valence-corrected chi connectivity index (χ3v) is 3.81. The van der Waals surface area contributed by atoms with Gasteiger partial charge in [-0.05, 0) is 36.6 Å². The summed E-state index contributed by atoms with van der Waals surface area (Å²) in [6.07, 6.45) is 0.880. The van der Waals surface area contributed by atoms with Crippen LogP contribution in [-0.4, -0.2) is 30.4 Å². The second-order valence-electron chi connectivity index (χ2n) is 5.12. The Morgan fingerprint density at radius 1 is 1.58 bits per heavy atom. The summed E-state index contributed by atoms with van der Waals surface area (Å²) in [5.41, 5.74) is 6.00. The predicted octanol–water partition coefficient (Wildman–Crippen LogP) is 2.71. The maximum atomic E-state index is 13.3. The van der Waals surface area contributed by atoms with Crippen LogP contribution in [0.2, 0.25) is 5.02 Å². The number of hydrogen-bond donors (Lipinski definition) is 1. The van der Waals surface area contributed by atoms with Gasteiger partial charge in [0.15, 0.2) is 0 Å². The highest BCUT2D eigenvalue weighted by Gasteiger charge is 2.35. The molecule has 0 aromatic heterocycles. The maximum absolute atomic E-state index is 13.3. The molecule has 2 N–H and O–H groups in total. The van der Waals surface area contributed by atoms with Crippen molar-refractivity contribution in [1.82, 2.24) is 4.90 Å². The van der Waals surface area contributed by atoms with Gasteiger partial charge in [-0.2, -0.15) is 0 Å². The molecular formula is C13H17Cl2FN2O. The van der Waals surface area contributed by atoms with Crippen LogP contribution in [0.4, 0.5) is 4.39 Å². The summed E-state index contributed by atoms with van der Waals surface area (Å²) in [5.74, 6) is -0.731. The van der Waals surface area contributed by atoms with Crippen molar-refractivity contribution in [1.29, 1.82) is 0 Å². The molecule has 1 aliphatic heterocycles. The van der Waals surface area contributed by atoms with Gasteiger partial charge < -0.3 is 10.6 Å².